The first kappa shape index (κ1) is 15.5. The van der Waals surface area contributed by atoms with Crippen LogP contribution in [0.1, 0.15) is 15.9 Å². The Balaban J connectivity index is 1.67. The van der Waals surface area contributed by atoms with E-state index in [1.54, 1.807) is 27.8 Å². The SMILES string of the molecule is Cn1cc(-n2ncc3ccc(NC(=O)c4cncc(C#N)c4)cc32)cn1. The van der Waals surface area contributed by atoms with Crippen molar-refractivity contribution >= 4 is 22.5 Å². The second-order valence-electron chi connectivity index (χ2n) is 5.73. The molecule has 1 amide bonds. The Morgan fingerprint density at radius 2 is 2.04 bits per heavy atom. The van der Waals surface area contributed by atoms with Gasteiger partial charge in [0.15, 0.2) is 0 Å². The van der Waals surface area contributed by atoms with Crippen molar-refractivity contribution in [2.75, 3.05) is 5.32 Å². The molecule has 4 aromatic rings. The second-order valence-corrected chi connectivity index (χ2v) is 5.73. The number of aryl methyl sites for hydroxylation is 1. The zero-order valence-electron chi connectivity index (χ0n) is 13.8. The second kappa shape index (κ2) is 6.14. The fraction of sp³-hybridized carbons (Fsp3) is 0.0556. The average Bonchev–Trinajstić information content (AvgIpc) is 3.27. The van der Waals surface area contributed by atoms with Crippen molar-refractivity contribution in [1.29, 1.82) is 5.26 Å². The smallest absolute Gasteiger partial charge is 0.257 e. The minimum atomic E-state index is -0.332. The zero-order chi connectivity index (χ0) is 18.1. The largest absolute Gasteiger partial charge is 0.322 e. The standard InChI is InChI=1S/C18H13N7O/c1-24-11-16(10-21-24)25-17-5-15(3-2-13(17)9-22-25)23-18(26)14-4-12(6-19)7-20-8-14/h2-5,7-11H,1H3,(H,23,26). The Morgan fingerprint density at radius 1 is 1.15 bits per heavy atom. The normalized spacial score (nSPS) is 10.6. The number of rotatable bonds is 3. The van der Waals surface area contributed by atoms with Crippen LogP contribution in [0.5, 0.6) is 0 Å². The Kier molecular flexibility index (Phi) is 3.67. The average molecular weight is 343 g/mol. The molecular formula is C18H13N7O. The summed E-state index contributed by atoms with van der Waals surface area (Å²) in [5.74, 6) is -0.332. The van der Waals surface area contributed by atoms with Gasteiger partial charge in [-0.2, -0.15) is 15.5 Å². The van der Waals surface area contributed by atoms with Crippen LogP contribution in [0, 0.1) is 11.3 Å². The van der Waals surface area contributed by atoms with E-state index in [4.69, 9.17) is 5.26 Å². The number of amides is 1. The molecule has 8 nitrogen and oxygen atoms in total. The Morgan fingerprint density at radius 3 is 2.81 bits per heavy atom. The molecule has 4 rings (SSSR count). The topological polar surface area (TPSA) is 101 Å². The maximum atomic E-state index is 12.4. The highest BCUT2D eigenvalue weighted by molar-refractivity contribution is 6.05. The Bertz CT molecular complexity index is 1170. The van der Waals surface area contributed by atoms with Crippen molar-refractivity contribution in [2.24, 2.45) is 7.05 Å². The molecule has 8 heteroatoms. The molecule has 0 aliphatic carbocycles. The molecule has 0 aliphatic heterocycles. The molecule has 126 valence electrons. The summed E-state index contributed by atoms with van der Waals surface area (Å²) in [7, 11) is 1.84. The first-order valence-electron chi connectivity index (χ1n) is 7.77. The van der Waals surface area contributed by atoms with Crippen LogP contribution in [0.25, 0.3) is 16.6 Å². The van der Waals surface area contributed by atoms with E-state index >= 15 is 0 Å². The van der Waals surface area contributed by atoms with Gasteiger partial charge < -0.3 is 5.32 Å². The third kappa shape index (κ3) is 2.78. The third-order valence-electron chi connectivity index (χ3n) is 3.89. The fourth-order valence-electron chi connectivity index (χ4n) is 2.65. The molecule has 1 aromatic carbocycles. The van der Waals surface area contributed by atoms with Gasteiger partial charge in [0, 0.05) is 30.5 Å². The van der Waals surface area contributed by atoms with E-state index in [1.807, 2.05) is 31.4 Å². The molecule has 0 aliphatic rings. The molecule has 3 heterocycles. The molecule has 0 radical (unpaired) electrons. The fourth-order valence-corrected chi connectivity index (χ4v) is 2.65. The van der Waals surface area contributed by atoms with E-state index in [1.165, 1.54) is 18.5 Å². The van der Waals surface area contributed by atoms with Crippen LogP contribution in [0.3, 0.4) is 0 Å². The van der Waals surface area contributed by atoms with Crippen LogP contribution < -0.4 is 5.32 Å². The summed E-state index contributed by atoms with van der Waals surface area (Å²) in [6.45, 7) is 0. The highest BCUT2D eigenvalue weighted by atomic mass is 16.1. The lowest BCUT2D eigenvalue weighted by molar-refractivity contribution is 0.102. The summed E-state index contributed by atoms with van der Waals surface area (Å²) in [6, 6.07) is 9.00. The molecule has 0 atom stereocenters. The molecule has 3 aromatic heterocycles. The molecular weight excluding hydrogens is 330 g/mol. The van der Waals surface area contributed by atoms with Crippen molar-refractivity contribution in [3.05, 3.63) is 66.4 Å². The monoisotopic (exact) mass is 343 g/mol. The lowest BCUT2D eigenvalue weighted by atomic mass is 10.2. The van der Waals surface area contributed by atoms with Gasteiger partial charge in [-0.05, 0) is 24.3 Å². The zero-order valence-corrected chi connectivity index (χ0v) is 13.8. The molecule has 0 saturated heterocycles. The summed E-state index contributed by atoms with van der Waals surface area (Å²) in [4.78, 5) is 16.3. The van der Waals surface area contributed by atoms with Gasteiger partial charge in [0.25, 0.3) is 5.91 Å². The number of nitrogens with one attached hydrogen (secondary N) is 1. The van der Waals surface area contributed by atoms with Crippen molar-refractivity contribution in [3.63, 3.8) is 0 Å². The van der Waals surface area contributed by atoms with Gasteiger partial charge in [-0.3, -0.25) is 14.5 Å². The number of nitriles is 1. The van der Waals surface area contributed by atoms with E-state index in [0.717, 1.165) is 16.6 Å². The van der Waals surface area contributed by atoms with Crippen molar-refractivity contribution in [1.82, 2.24) is 24.5 Å². The highest BCUT2D eigenvalue weighted by Crippen LogP contribution is 2.22. The first-order valence-corrected chi connectivity index (χ1v) is 7.77. The van der Waals surface area contributed by atoms with Crippen molar-refractivity contribution < 1.29 is 4.79 Å². The molecule has 0 spiro atoms. The Labute approximate surface area is 148 Å². The number of aromatic nitrogens is 5. The van der Waals surface area contributed by atoms with E-state index in [2.05, 4.69) is 20.5 Å². The van der Waals surface area contributed by atoms with Gasteiger partial charge in [-0.25, -0.2) is 4.68 Å². The van der Waals surface area contributed by atoms with Gasteiger partial charge in [0.05, 0.1) is 35.2 Å². The number of benzene rings is 1. The van der Waals surface area contributed by atoms with Crippen molar-refractivity contribution in [2.45, 2.75) is 0 Å². The molecule has 0 bridgehead atoms. The number of anilines is 1. The quantitative estimate of drug-likeness (QED) is 0.615. The highest BCUT2D eigenvalue weighted by Gasteiger charge is 2.11. The van der Waals surface area contributed by atoms with Crippen molar-refractivity contribution in [3.8, 4) is 11.8 Å². The molecule has 26 heavy (non-hydrogen) atoms. The number of hydrogen-bond donors (Lipinski definition) is 1. The van der Waals surface area contributed by atoms with Gasteiger partial charge in [-0.15, -0.1) is 0 Å². The molecule has 1 N–H and O–H groups in total. The van der Waals surface area contributed by atoms with Gasteiger partial charge in [-0.1, -0.05) is 0 Å². The van der Waals surface area contributed by atoms with Crippen LogP contribution in [-0.2, 0) is 7.05 Å². The van der Waals surface area contributed by atoms with Gasteiger partial charge in [0.2, 0.25) is 0 Å². The maximum absolute atomic E-state index is 12.4. The number of hydrogen-bond acceptors (Lipinski definition) is 5. The van der Waals surface area contributed by atoms with Crippen LogP contribution >= 0.6 is 0 Å². The minimum absolute atomic E-state index is 0.324. The summed E-state index contributed by atoms with van der Waals surface area (Å²) >= 11 is 0. The molecule has 0 unspecified atom stereocenters. The van der Waals surface area contributed by atoms with E-state index in [9.17, 15) is 4.79 Å². The van der Waals surface area contributed by atoms with Crippen LogP contribution in [0.4, 0.5) is 5.69 Å². The summed E-state index contributed by atoms with van der Waals surface area (Å²) < 4.78 is 3.46. The number of carbonyl (C=O) groups is 1. The van der Waals surface area contributed by atoms with Crippen LogP contribution in [-0.4, -0.2) is 30.5 Å². The predicted octanol–water partition coefficient (Wildman–Crippen LogP) is 2.28. The third-order valence-corrected chi connectivity index (χ3v) is 3.89. The predicted molar refractivity (Wildman–Crippen MR) is 94.7 cm³/mol. The lowest BCUT2D eigenvalue weighted by Crippen LogP contribution is -2.12. The number of nitrogens with zero attached hydrogens (tertiary/aromatic N) is 6. The van der Waals surface area contributed by atoms with Crippen LogP contribution in [0.15, 0.2) is 55.2 Å². The van der Waals surface area contributed by atoms with E-state index < -0.39 is 0 Å². The maximum Gasteiger partial charge on any atom is 0.257 e. The number of carbonyl (C=O) groups excluding carboxylic acids is 1. The van der Waals surface area contributed by atoms with Crippen LogP contribution in [0.2, 0.25) is 0 Å². The van der Waals surface area contributed by atoms with E-state index in [0.29, 0.717) is 16.8 Å². The summed E-state index contributed by atoms with van der Waals surface area (Å²) in [5, 5.41) is 21.2. The summed E-state index contributed by atoms with van der Waals surface area (Å²) in [5.41, 5.74) is 2.96. The number of pyridine rings is 1. The summed E-state index contributed by atoms with van der Waals surface area (Å²) in [6.07, 6.45) is 8.17. The first-order chi connectivity index (χ1) is 12.6. The van der Waals surface area contributed by atoms with E-state index in [-0.39, 0.29) is 5.91 Å². The van der Waals surface area contributed by atoms with Gasteiger partial charge in [0.1, 0.15) is 11.8 Å². The Hall–Kier alpha value is -3.99. The number of fused-ring (bicyclic) bond motifs is 1. The minimum Gasteiger partial charge on any atom is -0.322 e. The molecule has 0 saturated carbocycles. The lowest BCUT2D eigenvalue weighted by Gasteiger charge is -2.06. The van der Waals surface area contributed by atoms with Gasteiger partial charge >= 0.3 is 0 Å². The molecule has 0 fully saturated rings.